The molecule has 0 spiro atoms. The van der Waals surface area contributed by atoms with Crippen LogP contribution >= 0.6 is 0 Å². The van der Waals surface area contributed by atoms with Crippen LogP contribution in [0.25, 0.3) is 0 Å². The molecule has 1 radical (unpaired) electrons. The maximum atomic E-state index is 11.0. The fourth-order valence-electron chi connectivity index (χ4n) is 1.14. The van der Waals surface area contributed by atoms with Gasteiger partial charge in [0.2, 0.25) is 0 Å². The SMILES string of the molecule is O=S1(=O)CCC[B]CCC1. The predicted molar refractivity (Wildman–Crippen MR) is 43.3 cm³/mol. The van der Waals surface area contributed by atoms with E-state index in [0.717, 1.165) is 25.5 Å². The van der Waals surface area contributed by atoms with Gasteiger partial charge in [-0.15, -0.1) is 0 Å². The monoisotopic (exact) mass is 159 g/mol. The molecule has 0 saturated carbocycles. The van der Waals surface area contributed by atoms with Crippen LogP contribution in [-0.2, 0) is 9.84 Å². The van der Waals surface area contributed by atoms with Crippen LogP contribution in [-0.4, -0.2) is 27.2 Å². The van der Waals surface area contributed by atoms with E-state index in [1.807, 2.05) is 0 Å². The summed E-state index contributed by atoms with van der Waals surface area (Å²) < 4.78 is 22.0. The summed E-state index contributed by atoms with van der Waals surface area (Å²) in [5.74, 6) is 0.785. The molecule has 0 N–H and O–H groups in total. The standard InChI is InChI=1S/C6H12BO2S/c8-10(9)5-1-3-7-4-2-6-10/h1-6H2. The van der Waals surface area contributed by atoms with Crippen molar-refractivity contribution in [1.29, 1.82) is 0 Å². The molecule has 1 fully saturated rings. The lowest BCUT2D eigenvalue weighted by molar-refractivity contribution is 0.592. The van der Waals surface area contributed by atoms with Crippen molar-refractivity contribution >= 4 is 17.1 Å². The minimum absolute atomic E-state index is 0.392. The lowest BCUT2D eigenvalue weighted by Gasteiger charge is -2.07. The average Bonchev–Trinajstić information content (AvgIpc) is 1.81. The zero-order chi connectivity index (χ0) is 7.45. The third kappa shape index (κ3) is 2.73. The van der Waals surface area contributed by atoms with E-state index in [9.17, 15) is 8.42 Å². The Hall–Kier alpha value is 0.0149. The van der Waals surface area contributed by atoms with Gasteiger partial charge in [-0.3, -0.25) is 0 Å². The first kappa shape index (κ1) is 8.11. The molecule has 1 aliphatic heterocycles. The Morgan fingerprint density at radius 2 is 1.50 bits per heavy atom. The van der Waals surface area contributed by atoms with Crippen LogP contribution in [0.4, 0.5) is 0 Å². The molecule has 1 saturated heterocycles. The van der Waals surface area contributed by atoms with Crippen LogP contribution in [0.1, 0.15) is 12.8 Å². The largest absolute Gasteiger partial charge is 0.229 e. The summed E-state index contributed by atoms with van der Waals surface area (Å²) in [6.45, 7) is 0. The molecule has 0 aromatic carbocycles. The van der Waals surface area contributed by atoms with Crippen molar-refractivity contribution in [2.24, 2.45) is 0 Å². The van der Waals surface area contributed by atoms with Gasteiger partial charge in [-0.05, 0) is 12.8 Å². The second-order valence-corrected chi connectivity index (χ2v) is 5.03. The lowest BCUT2D eigenvalue weighted by Crippen LogP contribution is -2.14. The van der Waals surface area contributed by atoms with E-state index in [2.05, 4.69) is 7.28 Å². The predicted octanol–water partition coefficient (Wildman–Crippen LogP) is 0.736. The van der Waals surface area contributed by atoms with E-state index in [4.69, 9.17) is 0 Å². The molecule has 1 rings (SSSR count). The molecule has 0 unspecified atom stereocenters. The van der Waals surface area contributed by atoms with Crippen molar-refractivity contribution in [3.8, 4) is 0 Å². The average molecular weight is 159 g/mol. The second-order valence-electron chi connectivity index (χ2n) is 2.72. The summed E-state index contributed by atoms with van der Waals surface area (Å²) in [4.78, 5) is 0. The molecule has 10 heavy (non-hydrogen) atoms. The van der Waals surface area contributed by atoms with E-state index < -0.39 is 9.84 Å². The van der Waals surface area contributed by atoms with Crippen molar-refractivity contribution in [2.75, 3.05) is 11.5 Å². The van der Waals surface area contributed by atoms with E-state index >= 15 is 0 Å². The van der Waals surface area contributed by atoms with Gasteiger partial charge in [0, 0.05) is 11.5 Å². The van der Waals surface area contributed by atoms with E-state index in [0.29, 0.717) is 11.5 Å². The highest BCUT2D eigenvalue weighted by Crippen LogP contribution is 2.07. The van der Waals surface area contributed by atoms with Gasteiger partial charge in [0.25, 0.3) is 0 Å². The topological polar surface area (TPSA) is 34.1 Å². The van der Waals surface area contributed by atoms with Gasteiger partial charge in [0.05, 0.1) is 0 Å². The fourth-order valence-corrected chi connectivity index (χ4v) is 2.56. The summed E-state index contributed by atoms with van der Waals surface area (Å²) in [6.07, 6.45) is 3.59. The molecule has 0 aliphatic carbocycles. The van der Waals surface area contributed by atoms with Crippen LogP contribution < -0.4 is 0 Å². The zero-order valence-corrected chi connectivity index (χ0v) is 6.86. The molecule has 4 heteroatoms. The van der Waals surface area contributed by atoms with Crippen LogP contribution in [0.15, 0.2) is 0 Å². The molecular formula is C6H12BO2S. The molecule has 0 aromatic rings. The van der Waals surface area contributed by atoms with Crippen molar-refractivity contribution in [3.63, 3.8) is 0 Å². The van der Waals surface area contributed by atoms with Gasteiger partial charge in [0.15, 0.2) is 0 Å². The Morgan fingerprint density at radius 1 is 1.00 bits per heavy atom. The summed E-state index contributed by atoms with van der Waals surface area (Å²) >= 11 is 0. The minimum atomic E-state index is -2.66. The molecule has 1 heterocycles. The number of hydrogen-bond acceptors (Lipinski definition) is 2. The second kappa shape index (κ2) is 3.42. The van der Waals surface area contributed by atoms with Crippen molar-refractivity contribution in [1.82, 2.24) is 0 Å². The van der Waals surface area contributed by atoms with Gasteiger partial charge in [-0.25, -0.2) is 8.42 Å². The first-order chi connectivity index (χ1) is 4.71. The van der Waals surface area contributed by atoms with E-state index in [1.165, 1.54) is 0 Å². The number of sulfone groups is 1. The molecule has 57 valence electrons. The summed E-state index contributed by atoms with van der Waals surface area (Å²) in [7, 11) is -0.473. The van der Waals surface area contributed by atoms with E-state index in [-0.39, 0.29) is 0 Å². The summed E-state index contributed by atoms with van der Waals surface area (Å²) in [6, 6.07) is 0. The molecular weight excluding hydrogens is 147 g/mol. The van der Waals surface area contributed by atoms with Crippen molar-refractivity contribution in [3.05, 3.63) is 0 Å². The molecule has 0 atom stereocenters. The summed E-state index contributed by atoms with van der Waals surface area (Å²) in [5, 5.41) is 0. The molecule has 2 nitrogen and oxygen atoms in total. The quantitative estimate of drug-likeness (QED) is 0.488. The normalized spacial score (nSPS) is 26.0. The summed E-state index contributed by atoms with van der Waals surface area (Å²) in [5.41, 5.74) is 0. The van der Waals surface area contributed by atoms with Crippen LogP contribution in [0.3, 0.4) is 0 Å². The third-order valence-corrected chi connectivity index (χ3v) is 3.55. The minimum Gasteiger partial charge on any atom is -0.229 e. The molecule has 0 amide bonds. The van der Waals surface area contributed by atoms with Gasteiger partial charge in [0.1, 0.15) is 17.1 Å². The van der Waals surface area contributed by atoms with Crippen molar-refractivity contribution < 1.29 is 8.42 Å². The van der Waals surface area contributed by atoms with Gasteiger partial charge >= 0.3 is 0 Å². The smallest absolute Gasteiger partial charge is 0.150 e. The van der Waals surface area contributed by atoms with Crippen LogP contribution in [0.2, 0.25) is 12.6 Å². The highest BCUT2D eigenvalue weighted by atomic mass is 32.2. The Balaban J connectivity index is 2.46. The lowest BCUT2D eigenvalue weighted by atomic mass is 9.69. The number of hydrogen-bond donors (Lipinski definition) is 0. The van der Waals surface area contributed by atoms with E-state index in [1.54, 1.807) is 0 Å². The van der Waals surface area contributed by atoms with Gasteiger partial charge in [-0.1, -0.05) is 12.6 Å². The van der Waals surface area contributed by atoms with Crippen molar-refractivity contribution in [2.45, 2.75) is 25.5 Å². The highest BCUT2D eigenvalue weighted by molar-refractivity contribution is 7.91. The van der Waals surface area contributed by atoms with Gasteiger partial charge in [-0.2, -0.15) is 0 Å². The van der Waals surface area contributed by atoms with Crippen LogP contribution in [0.5, 0.6) is 0 Å². The molecule has 0 aromatic heterocycles. The fraction of sp³-hybridized carbons (Fsp3) is 1.00. The molecule has 1 aliphatic rings. The Labute approximate surface area is 63.2 Å². The number of rotatable bonds is 0. The zero-order valence-electron chi connectivity index (χ0n) is 6.04. The first-order valence-electron chi connectivity index (χ1n) is 3.73. The molecule has 0 bridgehead atoms. The Bertz CT molecular complexity index is 172. The first-order valence-corrected chi connectivity index (χ1v) is 5.55. The Morgan fingerprint density at radius 3 is 2.00 bits per heavy atom. The van der Waals surface area contributed by atoms with Crippen LogP contribution in [0, 0.1) is 0 Å². The van der Waals surface area contributed by atoms with Gasteiger partial charge < -0.3 is 0 Å². The maximum absolute atomic E-state index is 11.0. The highest BCUT2D eigenvalue weighted by Gasteiger charge is 2.12. The maximum Gasteiger partial charge on any atom is 0.150 e. The third-order valence-electron chi connectivity index (χ3n) is 1.73. The Kier molecular flexibility index (Phi) is 2.77.